The molecule has 0 aromatic heterocycles. The molecule has 1 heterocycles. The molecule has 0 saturated carbocycles. The lowest BCUT2D eigenvalue weighted by atomic mass is 10.2. The van der Waals surface area contributed by atoms with Crippen LogP contribution in [-0.4, -0.2) is 29.6 Å². The van der Waals surface area contributed by atoms with Crippen LogP contribution >= 0.6 is 11.8 Å². The largest absolute Gasteiger partial charge is 0.449 e. The molecule has 0 fully saturated rings. The standard InChI is InChI=1S/C20H17N3O4S/c1-12(19(25)22-15-4-2-3-13(9-15)11-21)27-20(26)14-5-6-17-16(10-14)23-18(24)7-8-28-17/h2-6,9-10,12H,7-8H2,1H3,(H,22,25)(H,23,24)/t12-/m0/s1. The summed E-state index contributed by atoms with van der Waals surface area (Å²) < 4.78 is 5.24. The third-order valence-electron chi connectivity index (χ3n) is 3.99. The average molecular weight is 395 g/mol. The molecule has 3 rings (SSSR count). The molecule has 28 heavy (non-hydrogen) atoms. The van der Waals surface area contributed by atoms with Crippen molar-refractivity contribution in [2.75, 3.05) is 16.4 Å². The number of rotatable bonds is 4. The molecule has 0 radical (unpaired) electrons. The SMILES string of the molecule is C[C@H](OC(=O)c1ccc2c(c1)NC(=O)CCS2)C(=O)Nc1cccc(C#N)c1. The van der Waals surface area contributed by atoms with Crippen molar-refractivity contribution < 1.29 is 19.1 Å². The average Bonchev–Trinajstić information content (AvgIpc) is 2.87. The Balaban J connectivity index is 1.66. The van der Waals surface area contributed by atoms with Crippen LogP contribution in [0, 0.1) is 11.3 Å². The van der Waals surface area contributed by atoms with Gasteiger partial charge in [-0.1, -0.05) is 6.07 Å². The molecule has 2 aromatic rings. The second kappa shape index (κ2) is 8.59. The zero-order valence-corrected chi connectivity index (χ0v) is 15.8. The molecule has 8 heteroatoms. The Bertz CT molecular complexity index is 984. The van der Waals surface area contributed by atoms with E-state index in [1.165, 1.54) is 24.8 Å². The fourth-order valence-corrected chi connectivity index (χ4v) is 3.48. The maximum Gasteiger partial charge on any atom is 0.338 e. The molecule has 0 spiro atoms. The van der Waals surface area contributed by atoms with Crippen molar-refractivity contribution in [1.29, 1.82) is 5.26 Å². The fourth-order valence-electron chi connectivity index (χ4n) is 2.54. The van der Waals surface area contributed by atoms with E-state index in [0.29, 0.717) is 29.1 Å². The molecule has 2 aromatic carbocycles. The van der Waals surface area contributed by atoms with Gasteiger partial charge in [-0.15, -0.1) is 11.8 Å². The number of amides is 2. The van der Waals surface area contributed by atoms with Crippen molar-refractivity contribution in [3.8, 4) is 6.07 Å². The van der Waals surface area contributed by atoms with Crippen molar-refractivity contribution in [1.82, 2.24) is 0 Å². The minimum absolute atomic E-state index is 0.107. The van der Waals surface area contributed by atoms with E-state index in [2.05, 4.69) is 10.6 Å². The Kier molecular flexibility index (Phi) is 5.96. The number of nitriles is 1. The van der Waals surface area contributed by atoms with Crippen LogP contribution in [0.1, 0.15) is 29.3 Å². The molecular formula is C20H17N3O4S. The van der Waals surface area contributed by atoms with Crippen molar-refractivity contribution >= 4 is 40.9 Å². The molecule has 1 aliphatic rings. The van der Waals surface area contributed by atoms with Crippen LogP contribution in [0.25, 0.3) is 0 Å². The van der Waals surface area contributed by atoms with Crippen molar-refractivity contribution in [2.24, 2.45) is 0 Å². The summed E-state index contributed by atoms with van der Waals surface area (Å²) in [6.07, 6.45) is -0.635. The van der Waals surface area contributed by atoms with Gasteiger partial charge in [0, 0.05) is 22.8 Å². The van der Waals surface area contributed by atoms with Gasteiger partial charge < -0.3 is 15.4 Å². The normalized spacial score (nSPS) is 13.9. The highest BCUT2D eigenvalue weighted by Crippen LogP contribution is 2.31. The minimum atomic E-state index is -1.04. The van der Waals surface area contributed by atoms with Gasteiger partial charge in [-0.2, -0.15) is 5.26 Å². The van der Waals surface area contributed by atoms with Gasteiger partial charge in [0.25, 0.3) is 5.91 Å². The van der Waals surface area contributed by atoms with Crippen molar-refractivity contribution in [3.63, 3.8) is 0 Å². The van der Waals surface area contributed by atoms with E-state index in [4.69, 9.17) is 10.00 Å². The highest BCUT2D eigenvalue weighted by molar-refractivity contribution is 7.99. The summed E-state index contributed by atoms with van der Waals surface area (Å²) in [4.78, 5) is 37.2. The molecule has 2 N–H and O–H groups in total. The molecule has 1 atom stereocenters. The molecule has 0 aliphatic carbocycles. The Morgan fingerprint density at radius 1 is 1.29 bits per heavy atom. The predicted octanol–water partition coefficient (Wildman–Crippen LogP) is 3.18. The minimum Gasteiger partial charge on any atom is -0.449 e. The molecule has 7 nitrogen and oxygen atoms in total. The number of hydrogen-bond acceptors (Lipinski definition) is 6. The van der Waals surface area contributed by atoms with Crippen LogP contribution in [-0.2, 0) is 14.3 Å². The van der Waals surface area contributed by atoms with E-state index in [1.807, 2.05) is 6.07 Å². The Morgan fingerprint density at radius 2 is 2.11 bits per heavy atom. The van der Waals surface area contributed by atoms with E-state index in [-0.39, 0.29) is 11.5 Å². The molecule has 1 aliphatic heterocycles. The second-order valence-corrected chi connectivity index (χ2v) is 7.22. The summed E-state index contributed by atoms with van der Waals surface area (Å²) in [5.74, 6) is -0.613. The van der Waals surface area contributed by atoms with Gasteiger partial charge in [-0.3, -0.25) is 9.59 Å². The van der Waals surface area contributed by atoms with E-state index in [0.717, 1.165) is 4.90 Å². The van der Waals surface area contributed by atoms with E-state index < -0.39 is 18.0 Å². The zero-order chi connectivity index (χ0) is 20.1. The first-order chi connectivity index (χ1) is 13.5. The number of esters is 1. The highest BCUT2D eigenvalue weighted by Gasteiger charge is 2.21. The lowest BCUT2D eigenvalue weighted by Crippen LogP contribution is -2.30. The fraction of sp³-hybridized carbons (Fsp3) is 0.200. The third kappa shape index (κ3) is 4.69. The van der Waals surface area contributed by atoms with Crippen LogP contribution in [0.15, 0.2) is 47.4 Å². The summed E-state index contributed by atoms with van der Waals surface area (Å²) in [6, 6.07) is 13.3. The molecular weight excluding hydrogens is 378 g/mol. The third-order valence-corrected chi connectivity index (χ3v) is 5.06. The quantitative estimate of drug-likeness (QED) is 0.770. The number of fused-ring (bicyclic) bond motifs is 1. The van der Waals surface area contributed by atoms with E-state index >= 15 is 0 Å². The summed E-state index contributed by atoms with van der Waals surface area (Å²) in [5.41, 5.74) is 1.66. The van der Waals surface area contributed by atoms with Gasteiger partial charge in [0.05, 0.1) is 22.9 Å². The van der Waals surface area contributed by atoms with Gasteiger partial charge >= 0.3 is 5.97 Å². The monoisotopic (exact) mass is 395 g/mol. The number of nitrogens with one attached hydrogen (secondary N) is 2. The smallest absolute Gasteiger partial charge is 0.338 e. The topological polar surface area (TPSA) is 108 Å². The summed E-state index contributed by atoms with van der Waals surface area (Å²) in [5, 5.41) is 14.3. The number of anilines is 2. The second-order valence-electron chi connectivity index (χ2n) is 6.09. The number of nitrogens with zero attached hydrogens (tertiary/aromatic N) is 1. The van der Waals surface area contributed by atoms with Crippen LogP contribution in [0.2, 0.25) is 0 Å². The Morgan fingerprint density at radius 3 is 2.89 bits per heavy atom. The maximum absolute atomic E-state index is 12.4. The van der Waals surface area contributed by atoms with Gasteiger partial charge in [0.1, 0.15) is 0 Å². The summed E-state index contributed by atoms with van der Waals surface area (Å²) in [6.45, 7) is 1.46. The van der Waals surface area contributed by atoms with Crippen molar-refractivity contribution in [3.05, 3.63) is 53.6 Å². The molecule has 0 unspecified atom stereocenters. The van der Waals surface area contributed by atoms with Crippen molar-refractivity contribution in [2.45, 2.75) is 24.3 Å². The van der Waals surface area contributed by atoms with E-state index in [9.17, 15) is 14.4 Å². The van der Waals surface area contributed by atoms with Crippen LogP contribution in [0.4, 0.5) is 11.4 Å². The summed E-state index contributed by atoms with van der Waals surface area (Å²) >= 11 is 1.53. The molecule has 142 valence electrons. The zero-order valence-electron chi connectivity index (χ0n) is 15.0. The van der Waals surface area contributed by atoms with Gasteiger partial charge in [0.15, 0.2) is 6.10 Å². The Labute approximate surface area is 166 Å². The van der Waals surface area contributed by atoms with E-state index in [1.54, 1.807) is 36.4 Å². The van der Waals surface area contributed by atoms with Crippen LogP contribution < -0.4 is 10.6 Å². The van der Waals surface area contributed by atoms with Gasteiger partial charge in [0.2, 0.25) is 5.91 Å². The highest BCUT2D eigenvalue weighted by atomic mass is 32.2. The first kappa shape index (κ1) is 19.5. The van der Waals surface area contributed by atoms with Gasteiger partial charge in [-0.05, 0) is 43.3 Å². The summed E-state index contributed by atoms with van der Waals surface area (Å²) in [7, 11) is 0. The predicted molar refractivity (Wildman–Crippen MR) is 105 cm³/mol. The lowest BCUT2D eigenvalue weighted by molar-refractivity contribution is -0.123. The molecule has 0 saturated heterocycles. The van der Waals surface area contributed by atoms with Crippen LogP contribution in [0.3, 0.4) is 0 Å². The number of carbonyl (C=O) groups excluding carboxylic acids is 3. The Hall–Kier alpha value is -3.31. The lowest BCUT2D eigenvalue weighted by Gasteiger charge is -2.14. The van der Waals surface area contributed by atoms with Crippen LogP contribution in [0.5, 0.6) is 0 Å². The number of benzene rings is 2. The maximum atomic E-state index is 12.4. The number of carbonyl (C=O) groups is 3. The van der Waals surface area contributed by atoms with Gasteiger partial charge in [-0.25, -0.2) is 4.79 Å². The molecule has 0 bridgehead atoms. The molecule has 2 amide bonds. The first-order valence-corrected chi connectivity index (χ1v) is 9.53. The number of ether oxygens (including phenoxy) is 1. The first-order valence-electron chi connectivity index (χ1n) is 8.55. The number of thioether (sulfide) groups is 1. The number of hydrogen-bond donors (Lipinski definition) is 2.